The smallest absolute Gasteiger partial charge is 0.345 e. The first-order chi connectivity index (χ1) is 28.6. The molecule has 1 N–H and O–H groups in total. The van der Waals surface area contributed by atoms with Crippen molar-refractivity contribution in [1.29, 1.82) is 0 Å². The van der Waals surface area contributed by atoms with Crippen molar-refractivity contribution in [2.75, 3.05) is 12.4 Å². The fourth-order valence-corrected chi connectivity index (χ4v) is 6.63. The fraction of sp³-hybridized carbons (Fsp3) is 0.282. The van der Waals surface area contributed by atoms with Gasteiger partial charge in [-0.25, -0.2) is 19.2 Å². The molecule has 4 aromatic rings. The van der Waals surface area contributed by atoms with E-state index in [9.17, 15) is 32.1 Å². The minimum atomic E-state index is -4.63. The molecule has 0 aromatic heterocycles. The summed E-state index contributed by atoms with van der Waals surface area (Å²) in [5.41, 5.74) is 2.83. The van der Waals surface area contributed by atoms with Gasteiger partial charge in [0.25, 0.3) is 10.1 Å². The summed E-state index contributed by atoms with van der Waals surface area (Å²) in [6.45, 7) is -0.899. The van der Waals surface area contributed by atoms with E-state index in [1.807, 2.05) is 0 Å². The van der Waals surface area contributed by atoms with Gasteiger partial charge in [0, 0.05) is 12.1 Å². The molecule has 0 fully saturated rings. The average molecular weight is 805 g/mol. The molecule has 21 heteroatoms. The molecule has 18 radical (unpaired) electrons. The van der Waals surface area contributed by atoms with Gasteiger partial charge >= 0.3 is 23.9 Å². The predicted molar refractivity (Wildman–Crippen MR) is 232 cm³/mol. The molecule has 0 amide bonds. The Morgan fingerprint density at radius 2 is 0.817 bits per heavy atom. The third kappa shape index (κ3) is 11.5. The van der Waals surface area contributed by atoms with E-state index in [1.54, 1.807) is 18.2 Å². The molecule has 0 unspecified atom stereocenters. The summed E-state index contributed by atoms with van der Waals surface area (Å²) in [7, 11) is 48.9. The predicted octanol–water partition coefficient (Wildman–Crippen LogP) is 1.41. The summed E-state index contributed by atoms with van der Waals surface area (Å²) in [4.78, 5) is 56.0. The van der Waals surface area contributed by atoms with Crippen LogP contribution in [-0.2, 0) is 71.7 Å². The van der Waals surface area contributed by atoms with Gasteiger partial charge in [0.05, 0.1) is 87.3 Å². The number of esters is 4. The lowest BCUT2D eigenvalue weighted by Gasteiger charge is -2.19. The van der Waals surface area contributed by atoms with Gasteiger partial charge in [-0.1, -0.05) is 108 Å². The molecule has 0 saturated heterocycles. The fourth-order valence-electron chi connectivity index (χ4n) is 6.33. The van der Waals surface area contributed by atoms with Gasteiger partial charge in [0.1, 0.15) is 23.7 Å². The van der Waals surface area contributed by atoms with Gasteiger partial charge in [0.15, 0.2) is 11.5 Å². The molecule has 0 aliphatic heterocycles. The molecular weight excluding hydrogens is 774 g/mol. The normalized spacial score (nSPS) is 11.2. The van der Waals surface area contributed by atoms with E-state index in [1.165, 1.54) is 18.2 Å². The van der Waals surface area contributed by atoms with Crippen LogP contribution in [0, 0.1) is 0 Å². The Morgan fingerprint density at radius 1 is 0.467 bits per heavy atom. The van der Waals surface area contributed by atoms with Crippen molar-refractivity contribution in [3.05, 3.63) is 121 Å². The van der Waals surface area contributed by atoms with Gasteiger partial charge in [-0.15, -0.1) is 0 Å². The van der Waals surface area contributed by atoms with Crippen LogP contribution in [0.2, 0.25) is 0 Å². The number of carbonyl (C=O) groups excluding carboxylic acids is 4. The van der Waals surface area contributed by atoms with E-state index in [0.717, 1.165) is 12.1 Å². The Balaban J connectivity index is 2.01. The maximum absolute atomic E-state index is 14.1. The molecule has 4 aromatic carbocycles. The third-order valence-electron chi connectivity index (χ3n) is 9.28. The van der Waals surface area contributed by atoms with Crippen molar-refractivity contribution in [3.8, 4) is 17.2 Å². The van der Waals surface area contributed by atoms with Crippen LogP contribution in [0.15, 0.2) is 48.5 Å². The molecule has 0 heterocycles. The van der Waals surface area contributed by atoms with Crippen molar-refractivity contribution < 1.29 is 51.1 Å². The molecule has 0 aliphatic rings. The molecule has 0 atom stereocenters. The molecule has 0 spiro atoms. The van der Waals surface area contributed by atoms with E-state index in [0.29, 0.717) is 38.9 Å². The minimum absolute atomic E-state index is 0.000720. The molecule has 0 saturated carbocycles. The SMILES string of the molecule is [B]Cc1cc(C[B])c(C[B])c(C(=O)Oc2cc(OC(=O)c3cc(C[B])cc(C[B])c3C[B])c(C(=O)OCCS(=O)(=O)O)c(OC(=O)c3cc(C[B])cc(C[B])c3C[B])c2)c1. The lowest BCUT2D eigenvalue weighted by atomic mass is 9.81. The van der Waals surface area contributed by atoms with Crippen LogP contribution in [0.3, 0.4) is 0 Å². The summed E-state index contributed by atoms with van der Waals surface area (Å²) < 4.78 is 54.8. The summed E-state index contributed by atoms with van der Waals surface area (Å²) in [5.74, 6) is -7.50. The lowest BCUT2D eigenvalue weighted by molar-refractivity contribution is 0.0516. The standard InChI is InChI=1S/C39H31B9O11S/c40-11-20-3-23(14-43)30(17-46)27(6-20)36(49)57-26-9-33(58-37(50)28-7-21(12-41)4-24(15-44)31(28)18-47)35(39(52)56-1-2-60(53,54)55)34(10-26)59-38(51)29-8-22(13-42)5-25(16-45)32(29)19-48/h3-10H,1-2,11-19H2,(H,53,54,55). The number of rotatable bonds is 19. The monoisotopic (exact) mass is 806 g/mol. The van der Waals surface area contributed by atoms with Crippen molar-refractivity contribution in [3.63, 3.8) is 0 Å². The first kappa shape index (κ1) is 47.9. The zero-order chi connectivity index (χ0) is 44.3. The Kier molecular flexibility index (Phi) is 17.3. The molecule has 0 bridgehead atoms. The molecule has 60 heavy (non-hydrogen) atoms. The Morgan fingerprint density at radius 3 is 1.12 bits per heavy atom. The molecule has 0 aliphatic carbocycles. The summed E-state index contributed by atoms with van der Waals surface area (Å²) in [6, 6.07) is 11.2. The van der Waals surface area contributed by atoms with Gasteiger partial charge in [-0.3, -0.25) is 4.55 Å². The van der Waals surface area contributed by atoms with Crippen molar-refractivity contribution in [2.45, 2.75) is 56.9 Å². The van der Waals surface area contributed by atoms with Crippen LogP contribution in [-0.4, -0.2) is 120 Å². The van der Waals surface area contributed by atoms with Crippen LogP contribution in [0.4, 0.5) is 0 Å². The third-order valence-corrected chi connectivity index (χ3v) is 9.96. The highest BCUT2D eigenvalue weighted by Crippen LogP contribution is 2.38. The van der Waals surface area contributed by atoms with Crippen LogP contribution >= 0.6 is 0 Å². The van der Waals surface area contributed by atoms with Crippen LogP contribution in [0.5, 0.6) is 17.2 Å². The molecule has 11 nitrogen and oxygen atoms in total. The highest BCUT2D eigenvalue weighted by molar-refractivity contribution is 7.85. The van der Waals surface area contributed by atoms with Gasteiger partial charge in [-0.05, 0) is 34.9 Å². The summed E-state index contributed by atoms with van der Waals surface area (Å²) >= 11 is 0. The van der Waals surface area contributed by atoms with E-state index in [-0.39, 0.29) is 84.7 Å². The molecule has 286 valence electrons. The van der Waals surface area contributed by atoms with Gasteiger partial charge in [-0.2, -0.15) is 8.42 Å². The second-order valence-electron chi connectivity index (χ2n) is 13.1. The van der Waals surface area contributed by atoms with Crippen molar-refractivity contribution in [1.82, 2.24) is 0 Å². The number of carbonyl (C=O) groups is 4. The van der Waals surface area contributed by atoms with E-state index < -0.39 is 69.2 Å². The van der Waals surface area contributed by atoms with Crippen LogP contribution < -0.4 is 14.2 Å². The topological polar surface area (TPSA) is 160 Å². The second-order valence-corrected chi connectivity index (χ2v) is 14.6. The number of benzene rings is 4. The summed E-state index contributed by atoms with van der Waals surface area (Å²) in [5, 5.41) is 0. The maximum atomic E-state index is 14.1. The van der Waals surface area contributed by atoms with E-state index in [2.05, 4.69) is 0 Å². The Labute approximate surface area is 361 Å². The number of hydrogen-bond acceptors (Lipinski definition) is 10. The quantitative estimate of drug-likeness (QED) is 0.0633. The van der Waals surface area contributed by atoms with Gasteiger partial charge in [0.2, 0.25) is 0 Å². The molecular formula is C39H31B9O11S. The number of hydrogen-bond donors (Lipinski definition) is 1. The van der Waals surface area contributed by atoms with E-state index >= 15 is 0 Å². The Hall–Kier alpha value is -4.75. The second kappa shape index (κ2) is 21.7. The minimum Gasteiger partial charge on any atom is -0.461 e. The van der Waals surface area contributed by atoms with Gasteiger partial charge < -0.3 is 18.9 Å². The zero-order valence-corrected chi connectivity index (χ0v) is 33.3. The maximum Gasteiger partial charge on any atom is 0.345 e. The van der Waals surface area contributed by atoms with Crippen LogP contribution in [0.25, 0.3) is 0 Å². The number of ether oxygens (including phenoxy) is 4. The largest absolute Gasteiger partial charge is 0.461 e. The highest BCUT2D eigenvalue weighted by Gasteiger charge is 2.30. The van der Waals surface area contributed by atoms with Crippen molar-refractivity contribution in [2.24, 2.45) is 0 Å². The van der Waals surface area contributed by atoms with Crippen LogP contribution in [0.1, 0.15) is 91.5 Å². The zero-order valence-electron chi connectivity index (χ0n) is 32.5. The molecule has 4 rings (SSSR count). The first-order valence-corrected chi connectivity index (χ1v) is 19.9. The Bertz CT molecular complexity index is 2290. The average Bonchev–Trinajstić information content (AvgIpc) is 3.23. The summed E-state index contributed by atoms with van der Waals surface area (Å²) in [6.07, 6.45) is -0.580. The first-order valence-electron chi connectivity index (χ1n) is 18.3. The van der Waals surface area contributed by atoms with Crippen molar-refractivity contribution >= 4 is 105 Å². The lowest BCUT2D eigenvalue weighted by Crippen LogP contribution is -2.21. The van der Waals surface area contributed by atoms with E-state index in [4.69, 9.17) is 89.6 Å². The highest BCUT2D eigenvalue weighted by atomic mass is 32.2.